The van der Waals surface area contributed by atoms with Gasteiger partial charge >= 0.3 is 5.69 Å². The first-order valence-electron chi connectivity index (χ1n) is 9.26. The number of carbonyl (C=O) groups excluding carboxylic acids is 2. The lowest BCUT2D eigenvalue weighted by Gasteiger charge is -2.21. The summed E-state index contributed by atoms with van der Waals surface area (Å²) in [4.78, 5) is 58.2. The van der Waals surface area contributed by atoms with Crippen LogP contribution in [0.2, 0.25) is 0 Å². The van der Waals surface area contributed by atoms with Crippen LogP contribution in [0.1, 0.15) is 51.8 Å². The summed E-state index contributed by atoms with van der Waals surface area (Å²) in [5.74, 6) is -0.220. The fourth-order valence-corrected chi connectivity index (χ4v) is 4.16. The average Bonchev–Trinajstić information content (AvgIpc) is 2.65. The van der Waals surface area contributed by atoms with Gasteiger partial charge in [-0.3, -0.25) is 28.8 Å². The first-order valence-corrected chi connectivity index (χ1v) is 10.1. The molecule has 3 rings (SSSR count). The Bertz CT molecular complexity index is 1070. The van der Waals surface area contributed by atoms with Gasteiger partial charge < -0.3 is 0 Å². The summed E-state index contributed by atoms with van der Waals surface area (Å²) in [6.45, 7) is 6.20. The van der Waals surface area contributed by atoms with Crippen LogP contribution in [-0.4, -0.2) is 36.2 Å². The van der Waals surface area contributed by atoms with Crippen LogP contribution in [0.4, 0.5) is 0 Å². The molecule has 2 amide bonds. The van der Waals surface area contributed by atoms with E-state index in [0.29, 0.717) is 35.9 Å². The van der Waals surface area contributed by atoms with Crippen LogP contribution in [0.15, 0.2) is 14.6 Å². The Balaban J connectivity index is 2.26. The van der Waals surface area contributed by atoms with Crippen molar-refractivity contribution in [1.29, 1.82) is 0 Å². The molecule has 2 aromatic heterocycles. The predicted molar refractivity (Wildman–Crippen MR) is 105 cm³/mol. The smallest absolute Gasteiger partial charge is 0.295 e. The van der Waals surface area contributed by atoms with E-state index < -0.39 is 22.4 Å². The molecule has 1 saturated heterocycles. The SMILES string of the molecule is CCCn1c(=O)n(C)c(=O)c2c(SC3CCC(=O)NC3=O)nc(C(C)C)nc21. The molecular formula is C18H23N5O4S. The number of fused-ring (bicyclic) bond motifs is 1. The third-order valence-electron chi connectivity index (χ3n) is 4.57. The zero-order chi connectivity index (χ0) is 20.6. The van der Waals surface area contributed by atoms with Gasteiger partial charge in [-0.2, -0.15) is 0 Å². The summed E-state index contributed by atoms with van der Waals surface area (Å²) in [6.07, 6.45) is 1.30. The summed E-state index contributed by atoms with van der Waals surface area (Å²) in [5, 5.41) is 2.39. The van der Waals surface area contributed by atoms with Crippen LogP contribution in [0.25, 0.3) is 11.0 Å². The summed E-state index contributed by atoms with van der Waals surface area (Å²) < 4.78 is 2.53. The van der Waals surface area contributed by atoms with Crippen LogP contribution < -0.4 is 16.6 Å². The Morgan fingerprint density at radius 1 is 1.21 bits per heavy atom. The Hall–Kier alpha value is -2.49. The molecular weight excluding hydrogens is 382 g/mol. The molecule has 1 aliphatic rings. The minimum absolute atomic E-state index is 0.0280. The number of hydrogen-bond acceptors (Lipinski definition) is 7. The van der Waals surface area contributed by atoms with Crippen molar-refractivity contribution in [2.24, 2.45) is 7.05 Å². The monoisotopic (exact) mass is 405 g/mol. The van der Waals surface area contributed by atoms with Crippen LogP contribution >= 0.6 is 11.8 Å². The van der Waals surface area contributed by atoms with Crippen LogP contribution in [-0.2, 0) is 23.2 Å². The van der Waals surface area contributed by atoms with Gasteiger partial charge in [0, 0.05) is 25.9 Å². The number of aryl methyl sites for hydroxylation is 1. The molecule has 3 heterocycles. The molecule has 1 fully saturated rings. The standard InChI is InChI=1S/C18H23N5O4S/c1-5-8-23-14-12(17(26)22(4)18(23)27)16(21-13(20-14)9(2)3)28-10-6-7-11(24)19-15(10)25/h9-10H,5-8H2,1-4H3,(H,19,24,25). The third kappa shape index (κ3) is 3.60. The van der Waals surface area contributed by atoms with E-state index in [1.165, 1.54) is 11.6 Å². The molecule has 0 radical (unpaired) electrons. The maximum absolute atomic E-state index is 12.9. The van der Waals surface area contributed by atoms with Crippen LogP contribution in [0.3, 0.4) is 0 Å². The lowest BCUT2D eigenvalue weighted by atomic mass is 10.1. The number of carbonyl (C=O) groups is 2. The number of rotatable bonds is 5. The molecule has 0 bridgehead atoms. The average molecular weight is 405 g/mol. The summed E-state index contributed by atoms with van der Waals surface area (Å²) in [7, 11) is 1.42. The van der Waals surface area contributed by atoms with Crippen molar-refractivity contribution in [2.75, 3.05) is 0 Å². The van der Waals surface area contributed by atoms with Crippen molar-refractivity contribution >= 4 is 34.6 Å². The van der Waals surface area contributed by atoms with E-state index in [4.69, 9.17) is 0 Å². The van der Waals surface area contributed by atoms with Gasteiger partial charge in [-0.05, 0) is 12.8 Å². The van der Waals surface area contributed by atoms with E-state index in [-0.39, 0.29) is 23.6 Å². The highest BCUT2D eigenvalue weighted by Gasteiger charge is 2.30. The zero-order valence-electron chi connectivity index (χ0n) is 16.3. The summed E-state index contributed by atoms with van der Waals surface area (Å²) in [5.41, 5.74) is -0.620. The minimum atomic E-state index is -0.535. The minimum Gasteiger partial charge on any atom is -0.295 e. The number of hydrogen-bond donors (Lipinski definition) is 1. The predicted octanol–water partition coefficient (Wildman–Crippen LogP) is 0.921. The van der Waals surface area contributed by atoms with Gasteiger partial charge in [0.15, 0.2) is 5.65 Å². The molecule has 1 aliphatic heterocycles. The van der Waals surface area contributed by atoms with Crippen molar-refractivity contribution in [3.05, 3.63) is 26.7 Å². The fraction of sp³-hybridized carbons (Fsp3) is 0.556. The number of aromatic nitrogens is 4. The third-order valence-corrected chi connectivity index (χ3v) is 5.83. The number of piperidine rings is 1. The normalized spacial score (nSPS) is 17.4. The maximum atomic E-state index is 12.9. The largest absolute Gasteiger partial charge is 0.332 e. The Labute approximate surface area is 165 Å². The van der Waals surface area contributed by atoms with Gasteiger partial charge in [0.2, 0.25) is 11.8 Å². The van der Waals surface area contributed by atoms with Gasteiger partial charge in [0.25, 0.3) is 5.56 Å². The lowest BCUT2D eigenvalue weighted by molar-refractivity contribution is -0.132. The molecule has 2 aromatic rings. The maximum Gasteiger partial charge on any atom is 0.332 e. The van der Waals surface area contributed by atoms with E-state index in [2.05, 4.69) is 15.3 Å². The highest BCUT2D eigenvalue weighted by atomic mass is 32.2. The first kappa shape index (κ1) is 20.2. The van der Waals surface area contributed by atoms with Crippen LogP contribution in [0, 0.1) is 0 Å². The van der Waals surface area contributed by atoms with E-state index in [1.54, 1.807) is 0 Å². The van der Waals surface area contributed by atoms with Crippen molar-refractivity contribution in [3.8, 4) is 0 Å². The zero-order valence-corrected chi connectivity index (χ0v) is 17.1. The molecule has 10 heteroatoms. The Morgan fingerprint density at radius 2 is 1.93 bits per heavy atom. The molecule has 0 saturated carbocycles. The van der Waals surface area contributed by atoms with Gasteiger partial charge in [-0.15, -0.1) is 0 Å². The second kappa shape index (κ2) is 7.86. The molecule has 28 heavy (non-hydrogen) atoms. The highest BCUT2D eigenvalue weighted by molar-refractivity contribution is 8.00. The number of thioether (sulfide) groups is 1. The second-order valence-corrected chi connectivity index (χ2v) is 8.29. The number of imide groups is 1. The topological polar surface area (TPSA) is 116 Å². The lowest BCUT2D eigenvalue weighted by Crippen LogP contribution is -2.42. The molecule has 1 atom stereocenters. The van der Waals surface area contributed by atoms with Gasteiger partial charge in [-0.1, -0.05) is 32.5 Å². The van der Waals surface area contributed by atoms with Crippen molar-refractivity contribution in [2.45, 2.75) is 62.8 Å². The molecule has 150 valence electrons. The molecule has 1 N–H and O–H groups in total. The van der Waals surface area contributed by atoms with Crippen molar-refractivity contribution < 1.29 is 9.59 Å². The van der Waals surface area contributed by atoms with Gasteiger partial charge in [0.1, 0.15) is 16.2 Å². The number of nitrogens with zero attached hydrogens (tertiary/aromatic N) is 4. The van der Waals surface area contributed by atoms with E-state index in [0.717, 1.165) is 16.3 Å². The van der Waals surface area contributed by atoms with Gasteiger partial charge in [0.05, 0.1) is 5.25 Å². The van der Waals surface area contributed by atoms with Gasteiger partial charge in [-0.25, -0.2) is 14.8 Å². The quantitative estimate of drug-likeness (QED) is 0.581. The fourth-order valence-electron chi connectivity index (χ4n) is 3.04. The van der Waals surface area contributed by atoms with Crippen LogP contribution in [0.5, 0.6) is 0 Å². The summed E-state index contributed by atoms with van der Waals surface area (Å²) >= 11 is 1.15. The molecule has 9 nitrogen and oxygen atoms in total. The summed E-state index contributed by atoms with van der Waals surface area (Å²) in [6, 6.07) is 0. The molecule has 0 spiro atoms. The number of nitrogens with one attached hydrogen (secondary N) is 1. The first-order chi connectivity index (χ1) is 13.2. The Morgan fingerprint density at radius 3 is 2.54 bits per heavy atom. The van der Waals surface area contributed by atoms with Crippen molar-refractivity contribution in [3.63, 3.8) is 0 Å². The van der Waals surface area contributed by atoms with Crippen molar-refractivity contribution in [1.82, 2.24) is 24.4 Å². The Kier molecular flexibility index (Phi) is 5.69. The number of amides is 2. The second-order valence-electron chi connectivity index (χ2n) is 7.10. The highest BCUT2D eigenvalue weighted by Crippen LogP contribution is 2.31. The molecule has 0 aromatic carbocycles. The van der Waals surface area contributed by atoms with E-state index in [1.807, 2.05) is 20.8 Å². The van der Waals surface area contributed by atoms with E-state index >= 15 is 0 Å². The van der Waals surface area contributed by atoms with E-state index in [9.17, 15) is 19.2 Å². The molecule has 0 aliphatic carbocycles. The molecule has 1 unspecified atom stereocenters.